The molecule has 1 aliphatic rings. The van der Waals surface area contributed by atoms with Crippen molar-refractivity contribution in [1.29, 1.82) is 0 Å². The second-order valence-corrected chi connectivity index (χ2v) is 8.13. The molecule has 0 N–H and O–H groups in total. The Hall–Kier alpha value is -2.94. The van der Waals surface area contributed by atoms with E-state index in [2.05, 4.69) is 29.0 Å². The smallest absolute Gasteiger partial charge is 0.353 e. The predicted molar refractivity (Wildman–Crippen MR) is 114 cm³/mol. The third-order valence-electron chi connectivity index (χ3n) is 5.30. The van der Waals surface area contributed by atoms with E-state index in [4.69, 9.17) is 0 Å². The molecule has 0 spiro atoms. The SMILES string of the molecule is CCc1ccc(-c2nc(C(=O)N3CCN(c4ccc(C(F)(F)F)cn4)CC3)cs2)cc1. The van der Waals surface area contributed by atoms with Crippen LogP contribution in [-0.2, 0) is 12.6 Å². The highest BCUT2D eigenvalue weighted by Gasteiger charge is 2.31. The summed E-state index contributed by atoms with van der Waals surface area (Å²) in [6.07, 6.45) is -2.59. The zero-order chi connectivity index (χ0) is 22.0. The minimum Gasteiger partial charge on any atom is -0.353 e. The first-order valence-corrected chi connectivity index (χ1v) is 10.9. The lowest BCUT2D eigenvalue weighted by atomic mass is 10.1. The molecular weight excluding hydrogens is 425 g/mol. The monoisotopic (exact) mass is 446 g/mol. The first-order chi connectivity index (χ1) is 14.8. The van der Waals surface area contributed by atoms with Crippen LogP contribution in [0.15, 0.2) is 48.0 Å². The maximum atomic E-state index is 12.9. The summed E-state index contributed by atoms with van der Waals surface area (Å²) in [5.74, 6) is 0.347. The zero-order valence-corrected chi connectivity index (χ0v) is 17.7. The molecule has 0 unspecified atom stereocenters. The number of pyridine rings is 1. The third kappa shape index (κ3) is 4.71. The molecule has 9 heteroatoms. The molecule has 1 aromatic carbocycles. The van der Waals surface area contributed by atoms with Crippen molar-refractivity contribution in [1.82, 2.24) is 14.9 Å². The third-order valence-corrected chi connectivity index (χ3v) is 6.19. The van der Waals surface area contributed by atoms with Gasteiger partial charge in [0.1, 0.15) is 16.5 Å². The lowest BCUT2D eigenvalue weighted by molar-refractivity contribution is -0.137. The van der Waals surface area contributed by atoms with Gasteiger partial charge in [-0.3, -0.25) is 4.79 Å². The van der Waals surface area contributed by atoms with E-state index in [0.29, 0.717) is 37.7 Å². The van der Waals surface area contributed by atoms with Gasteiger partial charge in [0.15, 0.2) is 0 Å². The molecule has 0 aliphatic carbocycles. The Kier molecular flexibility index (Phi) is 5.95. The first-order valence-electron chi connectivity index (χ1n) is 9.97. The number of aryl methyl sites for hydroxylation is 1. The van der Waals surface area contributed by atoms with Gasteiger partial charge in [-0.15, -0.1) is 11.3 Å². The predicted octanol–water partition coefficient (Wildman–Crippen LogP) is 4.75. The fourth-order valence-electron chi connectivity index (χ4n) is 3.43. The van der Waals surface area contributed by atoms with Crippen LogP contribution in [0.1, 0.15) is 28.5 Å². The number of hydrogen-bond acceptors (Lipinski definition) is 5. The number of piperazine rings is 1. The molecule has 1 saturated heterocycles. The van der Waals surface area contributed by atoms with Gasteiger partial charge >= 0.3 is 6.18 Å². The van der Waals surface area contributed by atoms with Crippen LogP contribution in [0.3, 0.4) is 0 Å². The zero-order valence-electron chi connectivity index (χ0n) is 16.9. The van der Waals surface area contributed by atoms with Gasteiger partial charge in [0.2, 0.25) is 0 Å². The highest BCUT2D eigenvalue weighted by atomic mass is 32.1. The van der Waals surface area contributed by atoms with Gasteiger partial charge in [-0.25, -0.2) is 9.97 Å². The number of carbonyl (C=O) groups excluding carboxylic acids is 1. The Morgan fingerprint density at radius 2 is 1.77 bits per heavy atom. The first kappa shape index (κ1) is 21.3. The maximum absolute atomic E-state index is 12.9. The van der Waals surface area contributed by atoms with Gasteiger partial charge < -0.3 is 9.80 Å². The van der Waals surface area contributed by atoms with Crippen LogP contribution in [0, 0.1) is 0 Å². The summed E-state index contributed by atoms with van der Waals surface area (Å²) in [4.78, 5) is 24.9. The summed E-state index contributed by atoms with van der Waals surface area (Å²) in [7, 11) is 0. The molecule has 1 aliphatic heterocycles. The van der Waals surface area contributed by atoms with Crippen LogP contribution in [0.2, 0.25) is 0 Å². The van der Waals surface area contributed by atoms with Gasteiger partial charge in [0, 0.05) is 43.3 Å². The number of amides is 1. The van der Waals surface area contributed by atoms with E-state index in [9.17, 15) is 18.0 Å². The second kappa shape index (κ2) is 8.66. The molecule has 0 saturated carbocycles. The Morgan fingerprint density at radius 3 is 2.35 bits per heavy atom. The Bertz CT molecular complexity index is 1040. The number of alkyl halides is 3. The summed E-state index contributed by atoms with van der Waals surface area (Å²) in [5.41, 5.74) is 1.88. The van der Waals surface area contributed by atoms with Crippen LogP contribution >= 0.6 is 11.3 Å². The Morgan fingerprint density at radius 1 is 1.06 bits per heavy atom. The van der Waals surface area contributed by atoms with E-state index in [1.807, 2.05) is 17.0 Å². The average Bonchev–Trinajstić information content (AvgIpc) is 3.28. The van der Waals surface area contributed by atoms with Gasteiger partial charge in [0.25, 0.3) is 5.91 Å². The number of rotatable bonds is 4. The number of nitrogens with zero attached hydrogens (tertiary/aromatic N) is 4. The van der Waals surface area contributed by atoms with Crippen molar-refractivity contribution < 1.29 is 18.0 Å². The Balaban J connectivity index is 1.37. The minimum atomic E-state index is -4.40. The van der Waals surface area contributed by atoms with Crippen molar-refractivity contribution >= 4 is 23.1 Å². The molecule has 4 rings (SSSR count). The van der Waals surface area contributed by atoms with E-state index >= 15 is 0 Å². The number of benzene rings is 1. The van der Waals surface area contributed by atoms with E-state index in [1.165, 1.54) is 23.0 Å². The van der Waals surface area contributed by atoms with Crippen molar-refractivity contribution in [3.8, 4) is 10.6 Å². The van der Waals surface area contributed by atoms with Crippen LogP contribution < -0.4 is 4.90 Å². The van der Waals surface area contributed by atoms with Gasteiger partial charge in [0.05, 0.1) is 5.56 Å². The van der Waals surface area contributed by atoms with Crippen LogP contribution in [-0.4, -0.2) is 47.0 Å². The van der Waals surface area contributed by atoms with Crippen molar-refractivity contribution in [2.45, 2.75) is 19.5 Å². The summed E-state index contributed by atoms with van der Waals surface area (Å²) >= 11 is 1.44. The summed E-state index contributed by atoms with van der Waals surface area (Å²) in [6, 6.07) is 10.6. The summed E-state index contributed by atoms with van der Waals surface area (Å²) in [6.45, 7) is 4.01. The van der Waals surface area contributed by atoms with Crippen molar-refractivity contribution in [2.24, 2.45) is 0 Å². The number of anilines is 1. The highest BCUT2D eigenvalue weighted by molar-refractivity contribution is 7.13. The molecule has 162 valence electrons. The summed E-state index contributed by atoms with van der Waals surface area (Å²) < 4.78 is 38.1. The number of halogens is 3. The number of thiazole rings is 1. The van der Waals surface area contributed by atoms with Gasteiger partial charge in [-0.2, -0.15) is 13.2 Å². The fraction of sp³-hybridized carbons (Fsp3) is 0.318. The number of carbonyl (C=O) groups is 1. The normalized spacial score (nSPS) is 14.7. The molecule has 0 bridgehead atoms. The molecule has 1 fully saturated rings. The molecule has 3 heterocycles. The molecule has 3 aromatic rings. The van der Waals surface area contributed by atoms with Crippen LogP contribution in [0.25, 0.3) is 10.6 Å². The van der Waals surface area contributed by atoms with Crippen LogP contribution in [0.4, 0.5) is 19.0 Å². The van der Waals surface area contributed by atoms with E-state index < -0.39 is 11.7 Å². The molecule has 5 nitrogen and oxygen atoms in total. The molecule has 1 amide bonds. The molecule has 0 atom stereocenters. The minimum absolute atomic E-state index is 0.132. The molecule has 31 heavy (non-hydrogen) atoms. The Labute approximate surface area is 182 Å². The molecule has 2 aromatic heterocycles. The molecule has 0 radical (unpaired) electrons. The summed E-state index contributed by atoms with van der Waals surface area (Å²) in [5, 5.41) is 2.58. The topological polar surface area (TPSA) is 49.3 Å². The number of hydrogen-bond donors (Lipinski definition) is 0. The average molecular weight is 446 g/mol. The quantitative estimate of drug-likeness (QED) is 0.581. The van der Waals surface area contributed by atoms with Crippen LogP contribution in [0.5, 0.6) is 0 Å². The number of aromatic nitrogens is 2. The highest BCUT2D eigenvalue weighted by Crippen LogP contribution is 2.30. The second-order valence-electron chi connectivity index (χ2n) is 7.27. The fourth-order valence-corrected chi connectivity index (χ4v) is 4.23. The van der Waals surface area contributed by atoms with Crippen molar-refractivity contribution in [3.63, 3.8) is 0 Å². The van der Waals surface area contributed by atoms with E-state index in [1.54, 1.807) is 10.3 Å². The van der Waals surface area contributed by atoms with Crippen molar-refractivity contribution in [3.05, 3.63) is 64.8 Å². The van der Waals surface area contributed by atoms with Gasteiger partial charge in [-0.1, -0.05) is 31.2 Å². The lowest BCUT2D eigenvalue weighted by Crippen LogP contribution is -2.49. The van der Waals surface area contributed by atoms with Gasteiger partial charge in [-0.05, 0) is 24.1 Å². The standard InChI is InChI=1S/C22H21F3N4OS/c1-2-15-3-5-16(6-4-15)20-27-18(14-31-20)21(30)29-11-9-28(10-12-29)19-8-7-17(13-26-19)22(23,24)25/h3-8,13-14H,2,9-12H2,1H3. The van der Waals surface area contributed by atoms with E-state index in [-0.39, 0.29) is 5.91 Å². The lowest BCUT2D eigenvalue weighted by Gasteiger charge is -2.35. The molecular formula is C22H21F3N4OS. The maximum Gasteiger partial charge on any atom is 0.417 e. The van der Waals surface area contributed by atoms with Crippen molar-refractivity contribution in [2.75, 3.05) is 31.1 Å². The van der Waals surface area contributed by atoms with E-state index in [0.717, 1.165) is 29.3 Å². The largest absolute Gasteiger partial charge is 0.417 e.